The van der Waals surface area contributed by atoms with Crippen molar-refractivity contribution in [3.05, 3.63) is 72.9 Å². The number of allylic oxidation sites excluding steroid dienone is 12. The highest BCUT2D eigenvalue weighted by Crippen LogP contribution is 2.18. The molecule has 0 aliphatic rings. The molecule has 0 saturated heterocycles. The Balaban J connectivity index is 3.95. The van der Waals surface area contributed by atoms with Gasteiger partial charge in [0.1, 0.15) is 13.2 Å². The minimum atomic E-state index is -1.51. The summed E-state index contributed by atoms with van der Waals surface area (Å²) < 4.78 is 22.9. The first kappa shape index (κ1) is 74.7. The Labute approximate surface area is 481 Å². The smallest absolute Gasteiger partial charge is 0.361 e. The Hall–Kier alpha value is -3.27. The number of carbonyl (C=O) groups is 3. The summed E-state index contributed by atoms with van der Waals surface area (Å²) >= 11 is 0. The van der Waals surface area contributed by atoms with Crippen molar-refractivity contribution in [3.63, 3.8) is 0 Å². The summed E-state index contributed by atoms with van der Waals surface area (Å²) in [5.74, 6) is -2.01. The van der Waals surface area contributed by atoms with Gasteiger partial charge in [-0.15, -0.1) is 0 Å². The van der Waals surface area contributed by atoms with Crippen molar-refractivity contribution in [2.75, 3.05) is 47.5 Å². The summed E-state index contributed by atoms with van der Waals surface area (Å²) in [4.78, 5) is 37.4. The summed E-state index contributed by atoms with van der Waals surface area (Å²) in [6, 6.07) is 0. The van der Waals surface area contributed by atoms with Crippen LogP contribution in [0.1, 0.15) is 290 Å². The summed E-state index contributed by atoms with van der Waals surface area (Å²) in [5.41, 5.74) is 0. The lowest BCUT2D eigenvalue weighted by Gasteiger charge is -2.25. The molecule has 0 spiro atoms. The molecule has 0 aromatic rings. The normalized spacial score (nSPS) is 13.2. The highest BCUT2D eigenvalue weighted by atomic mass is 16.7. The lowest BCUT2D eigenvalue weighted by atomic mass is 10.0. The number of carboxylic acids is 1. The first-order valence-corrected chi connectivity index (χ1v) is 32.6. The van der Waals surface area contributed by atoms with Crippen molar-refractivity contribution < 1.29 is 42.9 Å². The van der Waals surface area contributed by atoms with Gasteiger partial charge >= 0.3 is 17.9 Å². The molecule has 9 nitrogen and oxygen atoms in total. The summed E-state index contributed by atoms with van der Waals surface area (Å²) in [6.45, 7) is 4.73. The summed E-state index contributed by atoms with van der Waals surface area (Å²) in [7, 11) is 5.97. The fraction of sp³-hybridized carbons (Fsp3) is 0.783. The molecule has 0 heterocycles. The van der Waals surface area contributed by atoms with Gasteiger partial charge in [0, 0.05) is 12.8 Å². The number of likely N-dealkylation sites (N-methyl/N-ethyl adjacent to an activating group) is 1. The van der Waals surface area contributed by atoms with Crippen LogP contribution in [0.2, 0.25) is 0 Å². The van der Waals surface area contributed by atoms with Gasteiger partial charge in [-0.2, -0.15) is 0 Å². The number of carboxylic acid groups (broad SMARTS) is 1. The molecule has 0 aliphatic carbocycles. The van der Waals surface area contributed by atoms with Crippen molar-refractivity contribution in [2.24, 2.45) is 0 Å². The number of carbonyl (C=O) groups excluding carboxylic acids is 2. The van der Waals surface area contributed by atoms with E-state index in [4.69, 9.17) is 18.9 Å². The molecule has 0 aromatic carbocycles. The predicted molar refractivity (Wildman–Crippen MR) is 332 cm³/mol. The van der Waals surface area contributed by atoms with Crippen molar-refractivity contribution in [1.29, 1.82) is 0 Å². The van der Waals surface area contributed by atoms with Crippen molar-refractivity contribution >= 4 is 17.9 Å². The molecule has 0 aliphatic heterocycles. The first-order chi connectivity index (χ1) is 38.1. The molecule has 2 atom stereocenters. The Morgan fingerprint density at radius 1 is 0.397 bits per heavy atom. The second-order valence-electron chi connectivity index (χ2n) is 23.0. The number of hydrogen-bond acceptors (Lipinski definition) is 7. The van der Waals surface area contributed by atoms with Gasteiger partial charge in [-0.3, -0.25) is 9.59 Å². The maximum atomic E-state index is 12.9. The van der Waals surface area contributed by atoms with Crippen LogP contribution in [-0.4, -0.2) is 87.4 Å². The van der Waals surface area contributed by atoms with E-state index >= 15 is 0 Å². The van der Waals surface area contributed by atoms with E-state index in [0.717, 1.165) is 89.9 Å². The van der Waals surface area contributed by atoms with Crippen LogP contribution >= 0.6 is 0 Å². The predicted octanol–water partition coefficient (Wildman–Crippen LogP) is 19.7. The van der Waals surface area contributed by atoms with E-state index in [1.807, 2.05) is 21.1 Å². The highest BCUT2D eigenvalue weighted by Gasteiger charge is 2.25. The molecule has 0 bridgehead atoms. The topological polar surface area (TPSA) is 108 Å². The second-order valence-corrected chi connectivity index (χ2v) is 23.0. The van der Waals surface area contributed by atoms with E-state index in [0.29, 0.717) is 11.0 Å². The molecule has 0 amide bonds. The quantitative estimate of drug-likeness (QED) is 0.0211. The third-order valence-corrected chi connectivity index (χ3v) is 14.2. The number of nitrogens with zero attached hydrogens (tertiary/aromatic N) is 1. The number of hydrogen-bond donors (Lipinski definition) is 1. The van der Waals surface area contributed by atoms with E-state index < -0.39 is 24.3 Å². The Kier molecular flexibility index (Phi) is 57.3. The molecule has 0 saturated carbocycles. The Morgan fingerprint density at radius 2 is 0.731 bits per heavy atom. The highest BCUT2D eigenvalue weighted by molar-refractivity contribution is 5.71. The van der Waals surface area contributed by atoms with Gasteiger partial charge in [-0.25, -0.2) is 4.79 Å². The molecule has 0 radical (unpaired) electrons. The van der Waals surface area contributed by atoms with E-state index in [1.54, 1.807) is 0 Å². The fourth-order valence-corrected chi connectivity index (χ4v) is 9.20. The molecular weight excluding hydrogens is 971 g/mol. The summed E-state index contributed by atoms with van der Waals surface area (Å²) in [5, 5.41) is 9.70. The molecule has 2 unspecified atom stereocenters. The largest absolute Gasteiger partial charge is 0.477 e. The number of unbranched alkanes of at least 4 members (excludes halogenated alkanes) is 33. The average Bonchev–Trinajstić information content (AvgIpc) is 3.41. The minimum Gasteiger partial charge on any atom is -0.477 e. The molecule has 0 rings (SSSR count). The van der Waals surface area contributed by atoms with E-state index in [1.165, 1.54) is 173 Å². The van der Waals surface area contributed by atoms with Gasteiger partial charge in [0.05, 0.1) is 34.4 Å². The van der Waals surface area contributed by atoms with Crippen LogP contribution < -0.4 is 0 Å². The zero-order valence-corrected chi connectivity index (χ0v) is 51.6. The van der Waals surface area contributed by atoms with Gasteiger partial charge in [0.15, 0.2) is 6.10 Å². The molecule has 78 heavy (non-hydrogen) atoms. The monoisotopic (exact) mass is 1090 g/mol. The third kappa shape index (κ3) is 60.4. The van der Waals surface area contributed by atoms with Crippen LogP contribution in [0.25, 0.3) is 0 Å². The number of esters is 2. The number of aliphatic carboxylic acids is 1. The second kappa shape index (κ2) is 59.8. The van der Waals surface area contributed by atoms with E-state index in [9.17, 15) is 19.5 Å². The minimum absolute atomic E-state index is 0.185. The average molecular weight is 1100 g/mol. The molecule has 0 aromatic heterocycles. The molecule has 1 N–H and O–H groups in total. The van der Waals surface area contributed by atoms with Crippen LogP contribution in [0.4, 0.5) is 0 Å². The van der Waals surface area contributed by atoms with Gasteiger partial charge in [0.25, 0.3) is 6.29 Å². The van der Waals surface area contributed by atoms with Gasteiger partial charge in [-0.05, 0) is 77.0 Å². The standard InChI is InChI=1S/C69H123NO8/c1-6-8-10-12-14-16-18-20-22-23-24-25-26-27-28-29-30-31-32-33-34-35-36-37-38-39-40-41-42-43-44-45-46-48-50-52-54-56-58-60-67(72)78-65(64-77-69(68(73)74)75-62-61-70(3,4)5)63-76-66(71)59-57-55-53-51-49-47-21-19-17-15-13-11-9-7-2/h8,10,13-16,19-22,24-25,65,69H,6-7,9,11-12,17-18,23,26-64H2,1-5H3/p+1/b10-8-,15-13-,16-14-,21-19-,22-20-,25-24-. The Morgan fingerprint density at radius 3 is 1.09 bits per heavy atom. The zero-order valence-electron chi connectivity index (χ0n) is 51.6. The van der Waals surface area contributed by atoms with Crippen LogP contribution in [0.15, 0.2) is 72.9 Å². The maximum absolute atomic E-state index is 12.9. The van der Waals surface area contributed by atoms with Gasteiger partial charge < -0.3 is 28.5 Å². The van der Waals surface area contributed by atoms with Crippen molar-refractivity contribution in [1.82, 2.24) is 0 Å². The molecule has 9 heteroatoms. The fourth-order valence-electron chi connectivity index (χ4n) is 9.20. The number of quaternary nitrogens is 1. The van der Waals surface area contributed by atoms with Crippen LogP contribution in [0.3, 0.4) is 0 Å². The van der Waals surface area contributed by atoms with Crippen LogP contribution in [0.5, 0.6) is 0 Å². The van der Waals surface area contributed by atoms with E-state index in [2.05, 4.69) is 86.8 Å². The maximum Gasteiger partial charge on any atom is 0.361 e. The van der Waals surface area contributed by atoms with Gasteiger partial charge in [-0.1, -0.05) is 273 Å². The van der Waals surface area contributed by atoms with Crippen molar-refractivity contribution in [2.45, 2.75) is 302 Å². The first-order valence-electron chi connectivity index (χ1n) is 32.6. The third-order valence-electron chi connectivity index (χ3n) is 14.2. The zero-order chi connectivity index (χ0) is 56.9. The van der Waals surface area contributed by atoms with E-state index in [-0.39, 0.29) is 38.6 Å². The number of rotatable bonds is 60. The SMILES string of the molecule is CC/C=C\C/C=C\C/C=C\C/C=C\CCCCCCCCCCCCCCCCCCCCCCCCCCCCC(=O)OC(COC(=O)CCCCCCC/C=C\C/C=C\CCCC)COC(OCC[N+](C)(C)C)C(=O)O. The Bertz CT molecular complexity index is 1510. The van der Waals surface area contributed by atoms with Crippen LogP contribution in [0, 0.1) is 0 Å². The number of ether oxygens (including phenoxy) is 4. The van der Waals surface area contributed by atoms with Crippen LogP contribution in [-0.2, 0) is 33.3 Å². The van der Waals surface area contributed by atoms with Crippen molar-refractivity contribution in [3.8, 4) is 0 Å². The summed E-state index contributed by atoms with van der Waals surface area (Å²) in [6.07, 6.45) is 76.0. The molecule has 0 fully saturated rings. The van der Waals surface area contributed by atoms with Gasteiger partial charge in [0.2, 0.25) is 0 Å². The lowest BCUT2D eigenvalue weighted by molar-refractivity contribution is -0.870. The molecular formula is C69H124NO8+. The lowest BCUT2D eigenvalue weighted by Crippen LogP contribution is -2.40. The molecule has 452 valence electrons.